The summed E-state index contributed by atoms with van der Waals surface area (Å²) in [5.41, 5.74) is 11.8. The lowest BCUT2D eigenvalue weighted by Crippen LogP contribution is -2.51. The van der Waals surface area contributed by atoms with E-state index in [1.165, 1.54) is 0 Å². The zero-order chi connectivity index (χ0) is 34.3. The summed E-state index contributed by atoms with van der Waals surface area (Å²) in [5, 5.41) is 3.02. The molecule has 1 aliphatic heterocycles. The Labute approximate surface area is 288 Å². The number of rotatable bonds is 13. The Hall–Kier alpha value is -5.24. The van der Waals surface area contributed by atoms with Crippen LogP contribution in [0.3, 0.4) is 0 Å². The number of amides is 3. The van der Waals surface area contributed by atoms with Gasteiger partial charge in [-0.15, -0.1) is 0 Å². The summed E-state index contributed by atoms with van der Waals surface area (Å²) in [7, 11) is 1.64. The second kappa shape index (κ2) is 15.3. The average Bonchev–Trinajstić information content (AvgIpc) is 3.22. The quantitative estimate of drug-likeness (QED) is 0.163. The number of hydrogen-bond donors (Lipinski definition) is 2. The summed E-state index contributed by atoms with van der Waals surface area (Å²) in [5.74, 6) is -1.29. The van der Waals surface area contributed by atoms with E-state index in [1.54, 1.807) is 12.0 Å². The van der Waals surface area contributed by atoms with Crippen molar-refractivity contribution in [1.29, 1.82) is 0 Å². The Bertz CT molecular complexity index is 1820. The minimum atomic E-state index is -1.21. The van der Waals surface area contributed by atoms with E-state index in [0.717, 1.165) is 59.3 Å². The number of methoxy groups -OCH3 is 1. The predicted octanol–water partition coefficient (Wildman–Crippen LogP) is 6.90. The molecule has 0 spiro atoms. The number of nitrogens with two attached hydrogens (primary N) is 1. The highest BCUT2D eigenvalue weighted by Gasteiger charge is 2.39. The van der Waals surface area contributed by atoms with Crippen LogP contribution >= 0.6 is 0 Å². The molecule has 1 aliphatic carbocycles. The summed E-state index contributed by atoms with van der Waals surface area (Å²) in [6.07, 6.45) is 3.76. The smallest absolute Gasteiger partial charge is 0.272 e. The van der Waals surface area contributed by atoms with Gasteiger partial charge in [0.25, 0.3) is 5.91 Å². The Balaban J connectivity index is 1.38. The molecule has 0 aromatic heterocycles. The minimum Gasteiger partial charge on any atom is -0.497 e. The van der Waals surface area contributed by atoms with E-state index in [-0.39, 0.29) is 18.4 Å². The second-order valence-electron chi connectivity index (χ2n) is 13.1. The van der Waals surface area contributed by atoms with Crippen molar-refractivity contribution in [2.75, 3.05) is 12.0 Å². The number of nitrogens with one attached hydrogen (secondary N) is 1. The third-order valence-corrected chi connectivity index (χ3v) is 9.82. The van der Waals surface area contributed by atoms with Crippen LogP contribution in [0.4, 0.5) is 5.69 Å². The van der Waals surface area contributed by atoms with Crippen LogP contribution in [0.1, 0.15) is 62.1 Å². The molecule has 2 aliphatic rings. The van der Waals surface area contributed by atoms with E-state index in [9.17, 15) is 14.4 Å². The van der Waals surface area contributed by atoms with Gasteiger partial charge in [0.2, 0.25) is 18.0 Å². The number of ether oxygens (including phenoxy) is 1. The van der Waals surface area contributed by atoms with E-state index in [2.05, 4.69) is 11.4 Å². The van der Waals surface area contributed by atoms with E-state index in [1.807, 2.05) is 104 Å². The van der Waals surface area contributed by atoms with Crippen LogP contribution in [0.5, 0.6) is 5.75 Å². The molecular weight excluding hydrogens is 612 g/mol. The summed E-state index contributed by atoms with van der Waals surface area (Å²) in [6.45, 7) is 2.24. The number of benzodiazepines with no additional fused rings is 1. The van der Waals surface area contributed by atoms with Crippen molar-refractivity contribution in [2.45, 2.75) is 58.2 Å². The molecular formula is C41H44N4O4. The van der Waals surface area contributed by atoms with Gasteiger partial charge in [-0.1, -0.05) is 111 Å². The number of benzene rings is 4. The van der Waals surface area contributed by atoms with E-state index in [4.69, 9.17) is 15.5 Å². The van der Waals surface area contributed by atoms with Crippen molar-refractivity contribution < 1.29 is 19.1 Å². The molecule has 8 nitrogen and oxygen atoms in total. The van der Waals surface area contributed by atoms with Gasteiger partial charge in [0.15, 0.2) is 0 Å². The monoisotopic (exact) mass is 656 g/mol. The maximum atomic E-state index is 14.7. The summed E-state index contributed by atoms with van der Waals surface area (Å²) >= 11 is 0. The maximum Gasteiger partial charge on any atom is 0.272 e. The van der Waals surface area contributed by atoms with Gasteiger partial charge >= 0.3 is 0 Å². The third-order valence-electron chi connectivity index (χ3n) is 9.82. The fourth-order valence-corrected chi connectivity index (χ4v) is 6.96. The molecule has 0 saturated heterocycles. The van der Waals surface area contributed by atoms with Gasteiger partial charge < -0.3 is 20.7 Å². The van der Waals surface area contributed by atoms with Crippen molar-refractivity contribution in [3.05, 3.63) is 120 Å². The summed E-state index contributed by atoms with van der Waals surface area (Å²) < 4.78 is 5.34. The number of hydrogen-bond acceptors (Lipinski definition) is 5. The normalized spacial score (nSPS) is 17.2. The zero-order valence-corrected chi connectivity index (χ0v) is 28.2. The highest BCUT2D eigenvalue weighted by Crippen LogP contribution is 2.36. The standard InChI is InChI=1S/C41H44N4O4/c1-3-11-33(38(42)46)35(25-27-12-9-13-27)40(47)44-39-41(48)45(26-28-14-10-17-31(24-28)29-20-22-32(49-2)23-21-29)36-19-8-7-18-34(36)37(43-39)30-15-5-4-6-16-30/h4-8,10,14-24,27,33,35,39H,3,9,11-13,25-26H2,1-2H3,(H2,42,46)(H,44,47). The Morgan fingerprint density at radius 2 is 1.61 bits per heavy atom. The number of carbonyl (C=O) groups is 3. The SMILES string of the molecule is CCCC(C(N)=O)C(CC1CCC1)C(=O)NC1N=C(c2ccccc2)c2ccccc2N(Cc2cccc(-c3ccc(OC)cc3)c2)C1=O. The number of nitrogens with zero attached hydrogens (tertiary/aromatic N) is 2. The molecule has 252 valence electrons. The van der Waals surface area contributed by atoms with Crippen LogP contribution in [0.15, 0.2) is 108 Å². The number of primary amides is 1. The topological polar surface area (TPSA) is 114 Å². The second-order valence-corrected chi connectivity index (χ2v) is 13.1. The van der Waals surface area contributed by atoms with Crippen molar-refractivity contribution in [2.24, 2.45) is 28.5 Å². The third kappa shape index (κ3) is 7.59. The molecule has 8 heteroatoms. The van der Waals surface area contributed by atoms with Crippen LogP contribution in [-0.2, 0) is 20.9 Å². The molecule has 4 aromatic rings. The van der Waals surface area contributed by atoms with Crippen LogP contribution in [-0.4, -0.2) is 36.7 Å². The fraction of sp³-hybridized carbons (Fsp3) is 0.317. The van der Waals surface area contributed by atoms with Crippen molar-refractivity contribution in [3.8, 4) is 16.9 Å². The number of fused-ring (bicyclic) bond motifs is 1. The molecule has 1 fully saturated rings. The van der Waals surface area contributed by atoms with Gasteiger partial charge in [-0.2, -0.15) is 0 Å². The van der Waals surface area contributed by atoms with Crippen LogP contribution in [0.25, 0.3) is 11.1 Å². The zero-order valence-electron chi connectivity index (χ0n) is 28.2. The summed E-state index contributed by atoms with van der Waals surface area (Å²) in [4.78, 5) is 48.3. The lowest BCUT2D eigenvalue weighted by molar-refractivity contribution is -0.136. The molecule has 3 N–H and O–H groups in total. The predicted molar refractivity (Wildman–Crippen MR) is 193 cm³/mol. The lowest BCUT2D eigenvalue weighted by Gasteiger charge is -2.33. The first-order chi connectivity index (χ1) is 23.9. The molecule has 0 radical (unpaired) electrons. The van der Waals surface area contributed by atoms with Gasteiger partial charge in [-0.25, -0.2) is 4.99 Å². The van der Waals surface area contributed by atoms with E-state index in [0.29, 0.717) is 30.2 Å². The largest absolute Gasteiger partial charge is 0.497 e. The van der Waals surface area contributed by atoms with Crippen molar-refractivity contribution >= 4 is 29.1 Å². The first-order valence-corrected chi connectivity index (χ1v) is 17.2. The average molecular weight is 657 g/mol. The molecule has 6 rings (SSSR count). The maximum absolute atomic E-state index is 14.7. The van der Waals surface area contributed by atoms with Gasteiger partial charge in [-0.05, 0) is 59.7 Å². The van der Waals surface area contributed by atoms with Crippen molar-refractivity contribution in [1.82, 2.24) is 5.32 Å². The lowest BCUT2D eigenvalue weighted by atomic mass is 9.74. The van der Waals surface area contributed by atoms with Gasteiger partial charge in [0.05, 0.1) is 25.1 Å². The first-order valence-electron chi connectivity index (χ1n) is 17.2. The van der Waals surface area contributed by atoms with E-state index >= 15 is 0 Å². The molecule has 1 saturated carbocycles. The minimum absolute atomic E-state index is 0.259. The van der Waals surface area contributed by atoms with Gasteiger partial charge in [0.1, 0.15) is 5.75 Å². The molecule has 3 unspecified atom stereocenters. The molecule has 3 amide bonds. The number of carbonyl (C=O) groups excluding carboxylic acids is 3. The van der Waals surface area contributed by atoms with Crippen LogP contribution < -0.4 is 20.7 Å². The molecule has 0 bridgehead atoms. The highest BCUT2D eigenvalue weighted by molar-refractivity contribution is 6.20. The molecule has 49 heavy (non-hydrogen) atoms. The number of anilines is 1. The van der Waals surface area contributed by atoms with Gasteiger partial charge in [-0.3, -0.25) is 14.4 Å². The summed E-state index contributed by atoms with van der Waals surface area (Å²) in [6, 6.07) is 33.4. The Morgan fingerprint density at radius 3 is 2.29 bits per heavy atom. The Kier molecular flexibility index (Phi) is 10.5. The van der Waals surface area contributed by atoms with Crippen LogP contribution in [0, 0.1) is 17.8 Å². The number of aliphatic imine (C=N–C) groups is 1. The van der Waals surface area contributed by atoms with Gasteiger partial charge in [0, 0.05) is 23.0 Å². The molecule has 3 atom stereocenters. The van der Waals surface area contributed by atoms with Crippen LogP contribution in [0.2, 0.25) is 0 Å². The fourth-order valence-electron chi connectivity index (χ4n) is 6.96. The Morgan fingerprint density at radius 1 is 0.898 bits per heavy atom. The molecule has 4 aromatic carbocycles. The number of para-hydroxylation sites is 1. The van der Waals surface area contributed by atoms with E-state index < -0.39 is 23.9 Å². The highest BCUT2D eigenvalue weighted by atomic mass is 16.5. The van der Waals surface area contributed by atoms with Crippen molar-refractivity contribution in [3.63, 3.8) is 0 Å². The molecule has 1 heterocycles. The first kappa shape index (κ1) is 33.7.